The Labute approximate surface area is 281 Å². The molecule has 4 rings (SSSR count). The van der Waals surface area contributed by atoms with Crippen molar-refractivity contribution in [3.63, 3.8) is 0 Å². The van der Waals surface area contributed by atoms with E-state index in [0.29, 0.717) is 5.69 Å². The number of benzene rings is 4. The summed E-state index contributed by atoms with van der Waals surface area (Å²) in [5.41, 5.74) is 4.03. The molecule has 7 nitrogen and oxygen atoms in total. The van der Waals surface area contributed by atoms with Gasteiger partial charge in [-0.15, -0.1) is 0 Å². The van der Waals surface area contributed by atoms with Crippen LogP contribution >= 0.6 is 15.9 Å². The van der Waals surface area contributed by atoms with Crippen LogP contribution in [0.5, 0.6) is 0 Å². The fourth-order valence-corrected chi connectivity index (χ4v) is 6.79. The zero-order valence-corrected chi connectivity index (χ0v) is 29.4. The molecular formula is C37H42BrN3O4S. The summed E-state index contributed by atoms with van der Waals surface area (Å²) < 4.78 is 30.5. The first-order valence-corrected chi connectivity index (χ1v) is 17.7. The highest BCUT2D eigenvalue weighted by Crippen LogP contribution is 2.27. The van der Waals surface area contributed by atoms with E-state index in [0.717, 1.165) is 31.0 Å². The van der Waals surface area contributed by atoms with Crippen LogP contribution in [-0.4, -0.2) is 43.8 Å². The van der Waals surface area contributed by atoms with Gasteiger partial charge in [0.15, 0.2) is 0 Å². The van der Waals surface area contributed by atoms with E-state index in [1.54, 1.807) is 36.4 Å². The van der Waals surface area contributed by atoms with Crippen molar-refractivity contribution in [2.24, 2.45) is 0 Å². The van der Waals surface area contributed by atoms with E-state index in [-0.39, 0.29) is 35.7 Å². The molecule has 9 heteroatoms. The molecule has 4 aromatic rings. The van der Waals surface area contributed by atoms with E-state index in [9.17, 15) is 18.0 Å². The van der Waals surface area contributed by atoms with Crippen molar-refractivity contribution in [1.82, 2.24) is 10.2 Å². The molecule has 242 valence electrons. The maximum Gasteiger partial charge on any atom is 0.264 e. The Balaban J connectivity index is 1.81. The standard InChI is InChI=1S/C37H42BrN3O4S/c1-26(2)31-15-19-33(20-16-31)41(46(44,45)34-21-11-28(5)12-22-34)25-36(42)40(24-30-13-17-32(38)18-14-30)35(37(43)39-27(3)4)23-29-9-7-6-8-10-29/h6-22,26-27,35H,23-25H2,1-5H3,(H,39,43). The molecule has 0 spiro atoms. The van der Waals surface area contributed by atoms with E-state index in [4.69, 9.17) is 0 Å². The quantitative estimate of drug-likeness (QED) is 0.159. The highest BCUT2D eigenvalue weighted by molar-refractivity contribution is 9.10. The number of nitrogens with zero attached hydrogens (tertiary/aromatic N) is 2. The Morgan fingerprint density at radius 1 is 0.783 bits per heavy atom. The van der Waals surface area contributed by atoms with Gasteiger partial charge < -0.3 is 10.2 Å². The van der Waals surface area contributed by atoms with Crippen LogP contribution in [0.2, 0.25) is 0 Å². The Morgan fingerprint density at radius 3 is 1.96 bits per heavy atom. The van der Waals surface area contributed by atoms with Crippen molar-refractivity contribution in [2.75, 3.05) is 10.8 Å². The van der Waals surface area contributed by atoms with Crippen molar-refractivity contribution in [3.8, 4) is 0 Å². The summed E-state index contributed by atoms with van der Waals surface area (Å²) in [4.78, 5) is 30.0. The van der Waals surface area contributed by atoms with Crippen LogP contribution in [0.15, 0.2) is 112 Å². The molecule has 46 heavy (non-hydrogen) atoms. The minimum Gasteiger partial charge on any atom is -0.352 e. The minimum absolute atomic E-state index is 0.0803. The van der Waals surface area contributed by atoms with Crippen molar-refractivity contribution in [3.05, 3.63) is 130 Å². The summed E-state index contributed by atoms with van der Waals surface area (Å²) in [5.74, 6) is -0.553. The van der Waals surface area contributed by atoms with E-state index < -0.39 is 28.5 Å². The fraction of sp³-hybridized carbons (Fsp3) is 0.297. The van der Waals surface area contributed by atoms with E-state index in [1.165, 1.54) is 4.90 Å². The lowest BCUT2D eigenvalue weighted by Gasteiger charge is -2.34. The lowest BCUT2D eigenvalue weighted by atomic mass is 10.0. The number of nitrogens with one attached hydrogen (secondary N) is 1. The second kappa shape index (κ2) is 15.6. The van der Waals surface area contributed by atoms with Crippen LogP contribution in [0.4, 0.5) is 5.69 Å². The number of halogens is 1. The molecule has 0 saturated carbocycles. The lowest BCUT2D eigenvalue weighted by molar-refractivity contribution is -0.140. The SMILES string of the molecule is Cc1ccc(S(=O)(=O)N(CC(=O)N(Cc2ccc(Br)cc2)C(Cc2ccccc2)C(=O)NC(C)C)c2ccc(C(C)C)cc2)cc1. The molecule has 0 aliphatic heterocycles. The van der Waals surface area contributed by atoms with E-state index in [2.05, 4.69) is 35.1 Å². The van der Waals surface area contributed by atoms with Gasteiger partial charge in [0.1, 0.15) is 12.6 Å². The smallest absolute Gasteiger partial charge is 0.264 e. The molecule has 2 amide bonds. The highest BCUT2D eigenvalue weighted by atomic mass is 79.9. The van der Waals surface area contributed by atoms with Crippen LogP contribution in [0.3, 0.4) is 0 Å². The van der Waals surface area contributed by atoms with Crippen LogP contribution in [0.1, 0.15) is 55.9 Å². The lowest BCUT2D eigenvalue weighted by Crippen LogP contribution is -2.54. The predicted molar refractivity (Wildman–Crippen MR) is 188 cm³/mol. The number of anilines is 1. The predicted octanol–water partition coefficient (Wildman–Crippen LogP) is 7.24. The molecule has 1 atom stereocenters. The summed E-state index contributed by atoms with van der Waals surface area (Å²) >= 11 is 3.47. The third-order valence-electron chi connectivity index (χ3n) is 7.70. The fourth-order valence-electron chi connectivity index (χ4n) is 5.11. The summed E-state index contributed by atoms with van der Waals surface area (Å²) in [6, 6.07) is 29.8. The molecular weight excluding hydrogens is 662 g/mol. The Bertz CT molecular complexity index is 1710. The van der Waals surface area contributed by atoms with Gasteiger partial charge >= 0.3 is 0 Å². The van der Waals surface area contributed by atoms with Crippen LogP contribution in [0.25, 0.3) is 0 Å². The van der Waals surface area contributed by atoms with Crippen LogP contribution in [-0.2, 0) is 32.6 Å². The molecule has 0 aliphatic carbocycles. The third kappa shape index (κ3) is 9.07. The molecule has 0 aromatic heterocycles. The number of sulfonamides is 1. The van der Waals surface area contributed by atoms with Crippen molar-refractivity contribution >= 4 is 43.5 Å². The summed E-state index contributed by atoms with van der Waals surface area (Å²) in [6.07, 6.45) is 0.259. The number of hydrogen-bond donors (Lipinski definition) is 1. The molecule has 0 fully saturated rings. The van der Waals surface area contributed by atoms with Gasteiger partial charge in [-0.1, -0.05) is 102 Å². The first kappa shape index (κ1) is 34.9. The number of amides is 2. The first-order chi connectivity index (χ1) is 21.8. The topological polar surface area (TPSA) is 86.8 Å². The Kier molecular flexibility index (Phi) is 11.8. The molecule has 1 unspecified atom stereocenters. The molecule has 0 aliphatic rings. The van der Waals surface area contributed by atoms with Gasteiger partial charge in [-0.3, -0.25) is 13.9 Å². The molecule has 0 bridgehead atoms. The third-order valence-corrected chi connectivity index (χ3v) is 10.0. The van der Waals surface area contributed by atoms with Crippen molar-refractivity contribution in [1.29, 1.82) is 0 Å². The minimum atomic E-state index is -4.16. The highest BCUT2D eigenvalue weighted by Gasteiger charge is 2.35. The number of rotatable bonds is 13. The molecule has 1 N–H and O–H groups in total. The van der Waals surface area contributed by atoms with Gasteiger partial charge in [-0.25, -0.2) is 8.42 Å². The first-order valence-electron chi connectivity index (χ1n) is 15.4. The average molecular weight is 705 g/mol. The molecule has 0 radical (unpaired) electrons. The van der Waals surface area contributed by atoms with Crippen LogP contribution < -0.4 is 9.62 Å². The maximum absolute atomic E-state index is 14.6. The maximum atomic E-state index is 14.6. The van der Waals surface area contributed by atoms with Crippen LogP contribution in [0, 0.1) is 6.92 Å². The van der Waals surface area contributed by atoms with Gasteiger partial charge in [-0.05, 0) is 79.8 Å². The van der Waals surface area contributed by atoms with Gasteiger partial charge in [0.05, 0.1) is 10.6 Å². The normalized spacial score (nSPS) is 12.2. The summed E-state index contributed by atoms with van der Waals surface area (Å²) in [7, 11) is -4.16. The monoisotopic (exact) mass is 703 g/mol. The van der Waals surface area contributed by atoms with Gasteiger partial charge in [0, 0.05) is 23.5 Å². The number of carbonyl (C=O) groups excluding carboxylic acids is 2. The molecule has 4 aromatic carbocycles. The summed E-state index contributed by atoms with van der Waals surface area (Å²) in [6.45, 7) is 9.37. The number of carbonyl (C=O) groups is 2. The van der Waals surface area contributed by atoms with Gasteiger partial charge in [0.2, 0.25) is 11.8 Å². The largest absolute Gasteiger partial charge is 0.352 e. The Morgan fingerprint density at radius 2 is 1.39 bits per heavy atom. The van der Waals surface area contributed by atoms with E-state index >= 15 is 0 Å². The van der Waals surface area contributed by atoms with Crippen molar-refractivity contribution < 1.29 is 18.0 Å². The number of hydrogen-bond acceptors (Lipinski definition) is 4. The number of aryl methyl sites for hydroxylation is 1. The zero-order chi connectivity index (χ0) is 33.4. The second-order valence-corrected chi connectivity index (χ2v) is 14.9. The molecule has 0 heterocycles. The molecule has 0 saturated heterocycles. The average Bonchev–Trinajstić information content (AvgIpc) is 3.02. The van der Waals surface area contributed by atoms with Crippen molar-refractivity contribution in [2.45, 2.75) is 70.5 Å². The zero-order valence-electron chi connectivity index (χ0n) is 27.0. The Hall–Kier alpha value is -3.95. The van der Waals surface area contributed by atoms with Gasteiger partial charge in [-0.2, -0.15) is 0 Å². The van der Waals surface area contributed by atoms with E-state index in [1.807, 2.05) is 87.5 Å². The second-order valence-electron chi connectivity index (χ2n) is 12.1. The summed E-state index contributed by atoms with van der Waals surface area (Å²) in [5, 5.41) is 2.98. The van der Waals surface area contributed by atoms with Gasteiger partial charge in [0.25, 0.3) is 10.0 Å².